The maximum atomic E-state index is 13.0. The number of aryl methyl sites for hydroxylation is 2. The number of aromatic nitrogens is 3. The number of carbonyl (C=O) groups excluding carboxylic acids is 1. The molecule has 38 heavy (non-hydrogen) atoms. The van der Waals surface area contributed by atoms with E-state index in [2.05, 4.69) is 59.5 Å². The topological polar surface area (TPSA) is 117 Å². The third kappa shape index (κ3) is 7.20. The second-order valence-corrected chi connectivity index (χ2v) is 15.9. The van der Waals surface area contributed by atoms with Crippen LogP contribution in [0, 0.1) is 13.8 Å². The molecule has 1 aromatic carbocycles. The Morgan fingerprint density at radius 1 is 1.05 bits per heavy atom. The molecule has 12 heteroatoms. The molecule has 10 nitrogen and oxygen atoms in total. The highest BCUT2D eigenvalue weighted by Gasteiger charge is 2.36. The van der Waals surface area contributed by atoms with Gasteiger partial charge < -0.3 is 29.3 Å². The largest absolute Gasteiger partial charge is 0.479 e. The van der Waals surface area contributed by atoms with Gasteiger partial charge in [-0.25, -0.2) is 0 Å². The molecule has 0 spiro atoms. The Morgan fingerprint density at radius 2 is 1.71 bits per heavy atom. The average molecular weight is 560 g/mol. The maximum Gasteiger partial charge on any atom is 0.279 e. The zero-order valence-electron chi connectivity index (χ0n) is 23.5. The van der Waals surface area contributed by atoms with Gasteiger partial charge in [-0.2, -0.15) is 15.0 Å². The summed E-state index contributed by atoms with van der Waals surface area (Å²) in [7, 11) is 1.06. The third-order valence-electron chi connectivity index (χ3n) is 6.38. The van der Waals surface area contributed by atoms with Crippen molar-refractivity contribution >= 4 is 37.2 Å². The molecule has 3 aromatic rings. The van der Waals surface area contributed by atoms with Crippen molar-refractivity contribution in [3.05, 3.63) is 40.4 Å². The van der Waals surface area contributed by atoms with Gasteiger partial charge in [-0.05, 0) is 49.2 Å². The molecular weight excluding hydrogens is 522 g/mol. The van der Waals surface area contributed by atoms with Gasteiger partial charge in [-0.15, -0.1) is 0 Å². The molecular formula is C26H37N5O5SSi. The molecule has 206 valence electrons. The number of amides is 1. The highest BCUT2D eigenvalue weighted by molar-refractivity contribution is 7.11. The number of rotatable bonds is 11. The lowest BCUT2D eigenvalue weighted by Gasteiger charge is -2.36. The van der Waals surface area contributed by atoms with Crippen LogP contribution in [0.2, 0.25) is 18.1 Å². The van der Waals surface area contributed by atoms with E-state index in [-0.39, 0.29) is 28.2 Å². The second kappa shape index (κ2) is 12.1. The van der Waals surface area contributed by atoms with Crippen LogP contribution < -0.4 is 24.8 Å². The molecule has 1 amide bonds. The predicted molar refractivity (Wildman–Crippen MR) is 153 cm³/mol. The molecule has 0 saturated carbocycles. The summed E-state index contributed by atoms with van der Waals surface area (Å²) >= 11 is 1.23. The summed E-state index contributed by atoms with van der Waals surface area (Å²) < 4.78 is 22.9. The first-order valence-corrected chi connectivity index (χ1v) is 16.0. The monoisotopic (exact) mass is 559 g/mol. The molecule has 2 aromatic heterocycles. The van der Waals surface area contributed by atoms with E-state index in [9.17, 15) is 4.79 Å². The Hall–Kier alpha value is -3.22. The summed E-state index contributed by atoms with van der Waals surface area (Å²) in [6.45, 7) is 16.0. The van der Waals surface area contributed by atoms with Gasteiger partial charge in [0, 0.05) is 11.9 Å². The number of methoxy groups -OCH3 is 2. The number of benzene rings is 1. The molecule has 0 bridgehead atoms. The molecule has 0 aliphatic rings. The number of hydrogen-bond donors (Lipinski definition) is 2. The summed E-state index contributed by atoms with van der Waals surface area (Å²) in [6, 6.07) is 5.92. The van der Waals surface area contributed by atoms with Crippen molar-refractivity contribution in [2.24, 2.45) is 0 Å². The van der Waals surface area contributed by atoms with Gasteiger partial charge in [0.15, 0.2) is 14.0 Å². The molecule has 2 N–H and O–H groups in total. The van der Waals surface area contributed by atoms with Crippen molar-refractivity contribution in [3.8, 4) is 22.7 Å². The summed E-state index contributed by atoms with van der Waals surface area (Å²) in [5.41, 5.74) is 2.43. The first kappa shape index (κ1) is 29.3. The zero-order chi connectivity index (χ0) is 28.1. The first-order chi connectivity index (χ1) is 17.8. The summed E-state index contributed by atoms with van der Waals surface area (Å²) in [4.78, 5) is 26.1. The van der Waals surface area contributed by atoms with Crippen LogP contribution in [-0.4, -0.2) is 56.5 Å². The lowest BCUT2D eigenvalue weighted by Crippen LogP contribution is -2.41. The minimum absolute atomic E-state index is 0.125. The van der Waals surface area contributed by atoms with Crippen molar-refractivity contribution in [1.82, 2.24) is 15.0 Å². The maximum absolute atomic E-state index is 13.0. The lowest BCUT2D eigenvalue weighted by molar-refractivity contribution is 0.102. The summed E-state index contributed by atoms with van der Waals surface area (Å²) in [6.07, 6.45) is 0. The Kier molecular flexibility index (Phi) is 9.34. The van der Waals surface area contributed by atoms with Crippen molar-refractivity contribution in [3.63, 3.8) is 0 Å². The lowest BCUT2D eigenvalue weighted by atomic mass is 10.1. The fraction of sp³-hybridized carbons (Fsp3) is 0.462. The van der Waals surface area contributed by atoms with Gasteiger partial charge in [0.05, 0.1) is 20.8 Å². The number of nitrogens with one attached hydrogen (secondary N) is 2. The van der Waals surface area contributed by atoms with E-state index in [1.807, 2.05) is 32.0 Å². The van der Waals surface area contributed by atoms with Crippen LogP contribution in [0.5, 0.6) is 22.7 Å². The van der Waals surface area contributed by atoms with Crippen molar-refractivity contribution < 1.29 is 23.4 Å². The van der Waals surface area contributed by atoms with Gasteiger partial charge in [-0.1, -0.05) is 44.2 Å². The molecule has 0 fully saturated rings. The standard InChI is InChI=1S/C26H37N5O5SSi/c1-16-10-11-17(2)19(14-16)36-25-28-18(15-37-25)21(32)29-20-22(33-6)30-24(31-23(20)34-7)27-12-13-35-38(8,9)26(3,4)5/h10-11,14-15H,12-13H2,1-9H3,(H,29,32)(H,27,30,31). The fourth-order valence-corrected chi connectivity index (χ4v) is 4.79. The number of thiazole rings is 1. The van der Waals surface area contributed by atoms with E-state index in [1.54, 1.807) is 5.38 Å². The Balaban J connectivity index is 1.69. The Bertz CT molecular complexity index is 1250. The van der Waals surface area contributed by atoms with E-state index in [0.29, 0.717) is 30.0 Å². The molecule has 0 radical (unpaired) electrons. The molecule has 0 atom stereocenters. The van der Waals surface area contributed by atoms with Crippen LogP contribution in [0.15, 0.2) is 23.6 Å². The number of anilines is 2. The van der Waals surface area contributed by atoms with Crippen molar-refractivity contribution in [2.45, 2.75) is 52.8 Å². The van der Waals surface area contributed by atoms with Crippen LogP contribution in [0.3, 0.4) is 0 Å². The van der Waals surface area contributed by atoms with Crippen molar-refractivity contribution in [1.29, 1.82) is 0 Å². The van der Waals surface area contributed by atoms with Crippen LogP contribution >= 0.6 is 11.3 Å². The normalized spacial score (nSPS) is 11.7. The van der Waals surface area contributed by atoms with Crippen LogP contribution in [0.1, 0.15) is 42.4 Å². The predicted octanol–water partition coefficient (Wildman–Crippen LogP) is 6.05. The highest BCUT2D eigenvalue weighted by Crippen LogP contribution is 2.37. The molecule has 0 saturated heterocycles. The van der Waals surface area contributed by atoms with E-state index >= 15 is 0 Å². The van der Waals surface area contributed by atoms with E-state index in [1.165, 1.54) is 25.6 Å². The smallest absolute Gasteiger partial charge is 0.279 e. The quantitative estimate of drug-likeness (QED) is 0.214. The van der Waals surface area contributed by atoms with Gasteiger partial charge in [0.2, 0.25) is 17.7 Å². The number of hydrogen-bond acceptors (Lipinski definition) is 10. The van der Waals surface area contributed by atoms with E-state index in [0.717, 1.165) is 11.1 Å². The molecule has 0 unspecified atom stereocenters. The van der Waals surface area contributed by atoms with Crippen LogP contribution in [-0.2, 0) is 4.43 Å². The van der Waals surface area contributed by atoms with Gasteiger partial charge in [-0.3, -0.25) is 4.79 Å². The Morgan fingerprint density at radius 3 is 2.32 bits per heavy atom. The van der Waals surface area contributed by atoms with Gasteiger partial charge in [0.1, 0.15) is 11.4 Å². The van der Waals surface area contributed by atoms with Crippen LogP contribution in [0.4, 0.5) is 11.6 Å². The summed E-state index contributed by atoms with van der Waals surface area (Å²) in [5, 5.41) is 8.00. The SMILES string of the molecule is COc1nc(NCCO[Si](C)(C)C(C)(C)C)nc(OC)c1NC(=O)c1csc(Oc2cc(C)ccc2C)n1. The van der Waals surface area contributed by atoms with Gasteiger partial charge >= 0.3 is 0 Å². The number of nitrogens with zero attached hydrogens (tertiary/aromatic N) is 3. The molecule has 2 heterocycles. The third-order valence-corrected chi connectivity index (χ3v) is 11.6. The average Bonchev–Trinajstić information content (AvgIpc) is 3.32. The fourth-order valence-electron chi connectivity index (χ4n) is 3.08. The van der Waals surface area contributed by atoms with Crippen LogP contribution in [0.25, 0.3) is 0 Å². The number of carbonyl (C=O) groups is 1. The van der Waals surface area contributed by atoms with Gasteiger partial charge in [0.25, 0.3) is 11.1 Å². The minimum Gasteiger partial charge on any atom is -0.479 e. The minimum atomic E-state index is -1.86. The molecule has 3 rings (SSSR count). The van der Waals surface area contributed by atoms with E-state index < -0.39 is 14.2 Å². The zero-order valence-corrected chi connectivity index (χ0v) is 25.3. The molecule has 0 aliphatic carbocycles. The Labute approximate surface area is 229 Å². The first-order valence-electron chi connectivity index (χ1n) is 12.2. The number of ether oxygens (including phenoxy) is 3. The van der Waals surface area contributed by atoms with E-state index in [4.69, 9.17) is 18.6 Å². The highest BCUT2D eigenvalue weighted by atomic mass is 32.1. The van der Waals surface area contributed by atoms with Crippen molar-refractivity contribution in [2.75, 3.05) is 38.0 Å². The second-order valence-electron chi connectivity index (χ2n) is 10.3. The summed E-state index contributed by atoms with van der Waals surface area (Å²) in [5.74, 6) is 0.829. The molecule has 0 aliphatic heterocycles.